The number of carbonyl (C=O) groups is 1. The van der Waals surface area contributed by atoms with Gasteiger partial charge in [-0.3, -0.25) is 4.79 Å². The molecule has 0 atom stereocenters. The zero-order chi connectivity index (χ0) is 20.5. The molecule has 1 heterocycles. The van der Waals surface area contributed by atoms with E-state index in [9.17, 15) is 18.0 Å². The van der Waals surface area contributed by atoms with Crippen LogP contribution in [0.1, 0.15) is 50.4 Å². The van der Waals surface area contributed by atoms with Crippen molar-refractivity contribution in [2.45, 2.75) is 46.6 Å². The Labute approximate surface area is 164 Å². The second-order valence-electron chi connectivity index (χ2n) is 9.56. The second kappa shape index (κ2) is 7.93. The first-order chi connectivity index (χ1) is 13.0. The topological polar surface area (TPSA) is 41.6 Å². The van der Waals surface area contributed by atoms with E-state index in [1.165, 1.54) is 6.42 Å². The quantitative estimate of drug-likeness (QED) is 0.744. The van der Waals surface area contributed by atoms with Crippen LogP contribution in [0.3, 0.4) is 0 Å². The number of nitrogens with one attached hydrogen (secondary N) is 1. The summed E-state index contributed by atoms with van der Waals surface area (Å²) in [6, 6.07) is 2.99. The minimum Gasteiger partial charge on any atom is -0.435 e. The maximum atomic E-state index is 13.5. The molecule has 1 spiro atoms. The highest BCUT2D eigenvalue weighted by Gasteiger charge is 2.51. The van der Waals surface area contributed by atoms with E-state index in [2.05, 4.69) is 35.7 Å². The van der Waals surface area contributed by atoms with Crippen molar-refractivity contribution >= 4 is 5.91 Å². The smallest absolute Gasteiger partial charge is 0.387 e. The lowest BCUT2D eigenvalue weighted by atomic mass is 9.57. The Morgan fingerprint density at radius 2 is 1.96 bits per heavy atom. The van der Waals surface area contributed by atoms with Gasteiger partial charge in [0.25, 0.3) is 5.91 Å². The molecule has 1 N–H and O–H groups in total. The molecular weight excluding hydrogens is 369 g/mol. The molecule has 7 heteroatoms. The SMILES string of the molecule is CC(C)(C)CCN1CC2(CC(CNC(=O)c3cc(F)cc(OC(F)F)c3)C2)C1. The molecule has 2 fully saturated rings. The predicted molar refractivity (Wildman–Crippen MR) is 101 cm³/mol. The summed E-state index contributed by atoms with van der Waals surface area (Å²) in [6.07, 6.45) is 3.36. The number of carbonyl (C=O) groups excluding carboxylic acids is 1. The molecule has 0 unspecified atom stereocenters. The Kier molecular flexibility index (Phi) is 5.94. The van der Waals surface area contributed by atoms with Gasteiger partial charge in [0.2, 0.25) is 0 Å². The highest BCUT2D eigenvalue weighted by molar-refractivity contribution is 5.94. The van der Waals surface area contributed by atoms with E-state index in [1.54, 1.807) is 0 Å². The van der Waals surface area contributed by atoms with Crippen LogP contribution in [0.25, 0.3) is 0 Å². The Morgan fingerprint density at radius 1 is 1.29 bits per heavy atom. The molecule has 1 saturated heterocycles. The number of alkyl halides is 2. The molecule has 1 aromatic rings. The van der Waals surface area contributed by atoms with Gasteiger partial charge in [-0.2, -0.15) is 8.78 Å². The van der Waals surface area contributed by atoms with Gasteiger partial charge in [-0.05, 0) is 54.7 Å². The number of hydrogen-bond donors (Lipinski definition) is 1. The molecule has 28 heavy (non-hydrogen) atoms. The zero-order valence-electron chi connectivity index (χ0n) is 16.7. The van der Waals surface area contributed by atoms with Crippen LogP contribution in [0, 0.1) is 22.6 Å². The Morgan fingerprint density at radius 3 is 2.57 bits per heavy atom. The zero-order valence-corrected chi connectivity index (χ0v) is 16.7. The van der Waals surface area contributed by atoms with Gasteiger partial charge in [-0.15, -0.1) is 0 Å². The van der Waals surface area contributed by atoms with Gasteiger partial charge in [0, 0.05) is 31.3 Å². The van der Waals surface area contributed by atoms with Gasteiger partial charge >= 0.3 is 6.61 Å². The van der Waals surface area contributed by atoms with Gasteiger partial charge in [0.15, 0.2) is 0 Å². The van der Waals surface area contributed by atoms with Gasteiger partial charge < -0.3 is 15.0 Å². The average molecular weight is 398 g/mol. The molecule has 156 valence electrons. The summed E-state index contributed by atoms with van der Waals surface area (Å²) in [5.41, 5.74) is 0.748. The first-order valence-electron chi connectivity index (χ1n) is 9.80. The fraction of sp³-hybridized carbons (Fsp3) is 0.667. The van der Waals surface area contributed by atoms with Gasteiger partial charge in [0.1, 0.15) is 11.6 Å². The summed E-state index contributed by atoms with van der Waals surface area (Å²) in [7, 11) is 0. The number of rotatable bonds is 7. The van der Waals surface area contributed by atoms with Gasteiger partial charge in [-0.1, -0.05) is 20.8 Å². The number of likely N-dealkylation sites (tertiary alicyclic amines) is 1. The minimum atomic E-state index is -3.06. The third-order valence-corrected chi connectivity index (χ3v) is 5.65. The molecule has 1 saturated carbocycles. The Hall–Kier alpha value is -1.76. The lowest BCUT2D eigenvalue weighted by Gasteiger charge is -2.59. The molecule has 4 nitrogen and oxygen atoms in total. The molecule has 1 amide bonds. The number of ether oxygens (including phenoxy) is 1. The molecule has 0 radical (unpaired) electrons. The van der Waals surface area contributed by atoms with Crippen molar-refractivity contribution in [3.63, 3.8) is 0 Å². The van der Waals surface area contributed by atoms with Crippen molar-refractivity contribution in [2.75, 3.05) is 26.2 Å². The maximum absolute atomic E-state index is 13.5. The Balaban J connectivity index is 1.40. The molecule has 0 bridgehead atoms. The van der Waals surface area contributed by atoms with Crippen LogP contribution in [0.2, 0.25) is 0 Å². The normalized spacial score (nSPS) is 19.4. The summed E-state index contributed by atoms with van der Waals surface area (Å²) in [5, 5.41) is 2.79. The van der Waals surface area contributed by atoms with E-state index in [0.29, 0.717) is 23.3 Å². The van der Waals surface area contributed by atoms with Crippen LogP contribution in [0.5, 0.6) is 5.75 Å². The van der Waals surface area contributed by atoms with E-state index in [-0.39, 0.29) is 11.3 Å². The van der Waals surface area contributed by atoms with Gasteiger partial charge in [0.05, 0.1) is 0 Å². The molecular formula is C21H29F3N2O2. The molecule has 2 aliphatic rings. The van der Waals surface area contributed by atoms with Crippen molar-refractivity contribution in [2.24, 2.45) is 16.7 Å². The molecule has 3 rings (SSSR count). The summed E-state index contributed by atoms with van der Waals surface area (Å²) < 4.78 is 42.3. The van der Waals surface area contributed by atoms with E-state index in [0.717, 1.165) is 50.7 Å². The number of nitrogens with zero attached hydrogens (tertiary/aromatic N) is 1. The number of amides is 1. The van der Waals surface area contributed by atoms with Crippen LogP contribution in [0.15, 0.2) is 18.2 Å². The van der Waals surface area contributed by atoms with Crippen molar-refractivity contribution in [3.05, 3.63) is 29.6 Å². The Bertz CT molecular complexity index is 704. The fourth-order valence-corrected chi connectivity index (χ4v) is 4.33. The number of benzene rings is 1. The lowest BCUT2D eigenvalue weighted by Crippen LogP contribution is -2.63. The summed E-state index contributed by atoms with van der Waals surface area (Å²) in [4.78, 5) is 14.7. The van der Waals surface area contributed by atoms with E-state index in [1.807, 2.05) is 0 Å². The summed E-state index contributed by atoms with van der Waals surface area (Å²) in [5.74, 6) is -1.19. The second-order valence-corrected chi connectivity index (χ2v) is 9.56. The fourth-order valence-electron chi connectivity index (χ4n) is 4.33. The van der Waals surface area contributed by atoms with Crippen LogP contribution in [-0.2, 0) is 0 Å². The maximum Gasteiger partial charge on any atom is 0.387 e. The van der Waals surface area contributed by atoms with Crippen molar-refractivity contribution in [1.29, 1.82) is 0 Å². The van der Waals surface area contributed by atoms with Crippen LogP contribution in [-0.4, -0.2) is 43.6 Å². The molecule has 0 aromatic heterocycles. The number of halogens is 3. The largest absolute Gasteiger partial charge is 0.435 e. The predicted octanol–water partition coefficient (Wildman–Crippen LogP) is 4.31. The van der Waals surface area contributed by atoms with Crippen molar-refractivity contribution in [3.8, 4) is 5.75 Å². The first-order valence-corrected chi connectivity index (χ1v) is 9.80. The summed E-state index contributed by atoms with van der Waals surface area (Å²) in [6.45, 7) is 7.62. The van der Waals surface area contributed by atoms with Crippen LogP contribution in [0.4, 0.5) is 13.2 Å². The van der Waals surface area contributed by atoms with E-state index in [4.69, 9.17) is 0 Å². The number of hydrogen-bond acceptors (Lipinski definition) is 3. The highest BCUT2D eigenvalue weighted by atomic mass is 19.3. The first kappa shape index (κ1) is 21.0. The molecule has 1 aromatic carbocycles. The summed E-state index contributed by atoms with van der Waals surface area (Å²) >= 11 is 0. The molecule has 1 aliphatic carbocycles. The minimum absolute atomic E-state index is 0.0123. The average Bonchev–Trinajstić information content (AvgIpc) is 2.48. The van der Waals surface area contributed by atoms with Crippen molar-refractivity contribution in [1.82, 2.24) is 10.2 Å². The van der Waals surface area contributed by atoms with E-state index >= 15 is 0 Å². The third-order valence-electron chi connectivity index (χ3n) is 5.65. The lowest BCUT2D eigenvalue weighted by molar-refractivity contribution is -0.0951. The van der Waals surface area contributed by atoms with Crippen LogP contribution < -0.4 is 10.1 Å². The van der Waals surface area contributed by atoms with E-state index < -0.39 is 18.3 Å². The third kappa shape index (κ3) is 5.40. The monoisotopic (exact) mass is 398 g/mol. The molecule has 1 aliphatic heterocycles. The van der Waals surface area contributed by atoms with Crippen molar-refractivity contribution < 1.29 is 22.7 Å². The van der Waals surface area contributed by atoms with Gasteiger partial charge in [-0.25, -0.2) is 4.39 Å². The standard InChI is InChI=1S/C21H29F3N2O2/c1-20(2,3)4-5-26-12-21(13-26)9-14(10-21)11-25-18(27)15-6-16(22)8-17(7-15)28-19(23)24/h6-8,14,19H,4-5,9-13H2,1-3H3,(H,25,27). The highest BCUT2D eigenvalue weighted by Crippen LogP contribution is 2.51. The van der Waals surface area contributed by atoms with Crippen LogP contribution >= 0.6 is 0 Å².